The Balaban J connectivity index is 0. The second kappa shape index (κ2) is 8.19. The van der Waals surface area contributed by atoms with Gasteiger partial charge in [-0.05, 0) is 18.8 Å². The third kappa shape index (κ3) is 6.49. The molecular formula is C8H15O2Zn+. The van der Waals surface area contributed by atoms with Gasteiger partial charge >= 0.3 is 19.5 Å². The minimum Gasteiger partial charge on any atom is -0.550 e. The predicted octanol–water partition coefficient (Wildman–Crippen LogP) is 0.950. The molecule has 0 aromatic heterocycles. The predicted molar refractivity (Wildman–Crippen MR) is 38.3 cm³/mol. The Labute approximate surface area is 81.1 Å². The standard InChI is InChI=1S/C8H16O2.Zn/c1-3-5-6-7(4-2)8(9)10;/h7H,3-6H2,1-2H3,(H,9,10);/q;+2/p-1. The summed E-state index contributed by atoms with van der Waals surface area (Å²) in [4.78, 5) is 10.3. The Morgan fingerprint density at radius 1 is 1.45 bits per heavy atom. The summed E-state index contributed by atoms with van der Waals surface area (Å²) in [6.45, 7) is 3.94. The van der Waals surface area contributed by atoms with Gasteiger partial charge < -0.3 is 9.90 Å². The fourth-order valence-electron chi connectivity index (χ4n) is 0.939. The molecule has 0 amide bonds. The van der Waals surface area contributed by atoms with E-state index in [4.69, 9.17) is 0 Å². The van der Waals surface area contributed by atoms with Gasteiger partial charge in [-0.1, -0.05) is 26.7 Å². The molecule has 0 aliphatic heterocycles. The van der Waals surface area contributed by atoms with Crippen LogP contribution >= 0.6 is 0 Å². The van der Waals surface area contributed by atoms with Crippen LogP contribution in [0.4, 0.5) is 0 Å². The van der Waals surface area contributed by atoms with Gasteiger partial charge in [0.1, 0.15) is 0 Å². The summed E-state index contributed by atoms with van der Waals surface area (Å²) in [5.41, 5.74) is 0. The van der Waals surface area contributed by atoms with Crippen molar-refractivity contribution < 1.29 is 29.4 Å². The molecule has 0 bridgehead atoms. The average Bonchev–Trinajstić information content (AvgIpc) is 1.89. The van der Waals surface area contributed by atoms with Gasteiger partial charge in [0, 0.05) is 5.97 Å². The van der Waals surface area contributed by atoms with Gasteiger partial charge in [0.2, 0.25) is 0 Å². The molecule has 3 heteroatoms. The molecule has 0 rings (SSSR count). The Morgan fingerprint density at radius 2 is 2.00 bits per heavy atom. The topological polar surface area (TPSA) is 40.1 Å². The van der Waals surface area contributed by atoms with E-state index in [1.807, 2.05) is 6.92 Å². The van der Waals surface area contributed by atoms with Crippen molar-refractivity contribution in [3.8, 4) is 0 Å². The van der Waals surface area contributed by atoms with E-state index in [9.17, 15) is 9.90 Å². The summed E-state index contributed by atoms with van der Waals surface area (Å²) >= 11 is 0. The fraction of sp³-hybridized carbons (Fsp3) is 0.875. The Kier molecular flexibility index (Phi) is 10.2. The van der Waals surface area contributed by atoms with Crippen LogP contribution in [0.1, 0.15) is 39.5 Å². The normalized spacial score (nSPS) is 11.8. The SMILES string of the molecule is CCCCC(CC)C(=O)[O-].[Zn+2]. The van der Waals surface area contributed by atoms with E-state index in [-0.39, 0.29) is 25.4 Å². The van der Waals surface area contributed by atoms with Crippen LogP contribution in [0.2, 0.25) is 0 Å². The van der Waals surface area contributed by atoms with E-state index in [0.29, 0.717) is 6.42 Å². The first kappa shape index (κ1) is 13.7. The first-order valence-corrected chi connectivity index (χ1v) is 3.93. The molecule has 0 aliphatic rings. The van der Waals surface area contributed by atoms with Crippen LogP contribution in [0.5, 0.6) is 0 Å². The molecule has 60 valence electrons. The van der Waals surface area contributed by atoms with Crippen molar-refractivity contribution >= 4 is 5.97 Å². The van der Waals surface area contributed by atoms with Crippen LogP contribution in [0.3, 0.4) is 0 Å². The number of aliphatic carboxylic acids is 1. The van der Waals surface area contributed by atoms with Crippen LogP contribution in [-0.4, -0.2) is 5.97 Å². The number of unbranched alkanes of at least 4 members (excludes halogenated alkanes) is 1. The number of hydrogen-bond donors (Lipinski definition) is 0. The number of carbonyl (C=O) groups is 1. The zero-order valence-corrected chi connectivity index (χ0v) is 10.4. The first-order valence-electron chi connectivity index (χ1n) is 3.93. The zero-order valence-electron chi connectivity index (χ0n) is 7.43. The molecule has 0 saturated carbocycles. The van der Waals surface area contributed by atoms with E-state index in [1.165, 1.54) is 0 Å². The Morgan fingerprint density at radius 3 is 2.27 bits per heavy atom. The van der Waals surface area contributed by atoms with Crippen LogP contribution in [0, 0.1) is 5.92 Å². The molecule has 0 aromatic carbocycles. The molecule has 0 saturated heterocycles. The Hall–Kier alpha value is 0.0934. The number of hydrogen-bond acceptors (Lipinski definition) is 2. The molecule has 1 atom stereocenters. The molecule has 0 fully saturated rings. The van der Waals surface area contributed by atoms with Crippen molar-refractivity contribution in [2.24, 2.45) is 5.92 Å². The molecule has 0 radical (unpaired) electrons. The third-order valence-electron chi connectivity index (χ3n) is 1.73. The van der Waals surface area contributed by atoms with Crippen molar-refractivity contribution in [3.63, 3.8) is 0 Å². The Bertz CT molecular complexity index is 104. The molecule has 0 spiro atoms. The van der Waals surface area contributed by atoms with Gasteiger partial charge in [-0.25, -0.2) is 0 Å². The second-order valence-electron chi connectivity index (χ2n) is 2.57. The van der Waals surface area contributed by atoms with Gasteiger partial charge in [-0.15, -0.1) is 0 Å². The maximum absolute atomic E-state index is 10.3. The van der Waals surface area contributed by atoms with Crippen LogP contribution in [-0.2, 0) is 24.3 Å². The van der Waals surface area contributed by atoms with Gasteiger partial charge in [-0.3, -0.25) is 0 Å². The monoisotopic (exact) mass is 207 g/mol. The number of carbonyl (C=O) groups excluding carboxylic acids is 1. The maximum atomic E-state index is 10.3. The quantitative estimate of drug-likeness (QED) is 0.631. The first-order chi connectivity index (χ1) is 4.72. The number of rotatable bonds is 5. The maximum Gasteiger partial charge on any atom is 2.00 e. The zero-order chi connectivity index (χ0) is 7.98. The van der Waals surface area contributed by atoms with Crippen molar-refractivity contribution in [1.29, 1.82) is 0 Å². The molecule has 0 heterocycles. The average molecular weight is 209 g/mol. The number of carboxylic acid groups (broad SMARTS) is 1. The summed E-state index contributed by atoms with van der Waals surface area (Å²) < 4.78 is 0. The van der Waals surface area contributed by atoms with E-state index in [1.54, 1.807) is 0 Å². The van der Waals surface area contributed by atoms with Gasteiger partial charge in [0.05, 0.1) is 0 Å². The van der Waals surface area contributed by atoms with E-state index in [0.717, 1.165) is 19.3 Å². The minimum atomic E-state index is -0.893. The molecular weight excluding hydrogens is 193 g/mol. The third-order valence-corrected chi connectivity index (χ3v) is 1.73. The van der Waals surface area contributed by atoms with Gasteiger partial charge in [0.15, 0.2) is 0 Å². The minimum absolute atomic E-state index is 0. The summed E-state index contributed by atoms with van der Waals surface area (Å²) in [7, 11) is 0. The molecule has 0 aromatic rings. The van der Waals surface area contributed by atoms with E-state index < -0.39 is 5.97 Å². The van der Waals surface area contributed by atoms with E-state index in [2.05, 4.69) is 6.92 Å². The van der Waals surface area contributed by atoms with Crippen molar-refractivity contribution in [2.75, 3.05) is 0 Å². The van der Waals surface area contributed by atoms with Crippen molar-refractivity contribution in [2.45, 2.75) is 39.5 Å². The smallest absolute Gasteiger partial charge is 0.550 e. The van der Waals surface area contributed by atoms with Gasteiger partial charge in [-0.2, -0.15) is 0 Å². The van der Waals surface area contributed by atoms with Gasteiger partial charge in [0.25, 0.3) is 0 Å². The molecule has 0 N–H and O–H groups in total. The fourth-order valence-corrected chi connectivity index (χ4v) is 0.939. The van der Waals surface area contributed by atoms with Crippen LogP contribution in [0.15, 0.2) is 0 Å². The van der Waals surface area contributed by atoms with Crippen LogP contribution < -0.4 is 5.11 Å². The summed E-state index contributed by atoms with van der Waals surface area (Å²) in [5, 5.41) is 10.3. The van der Waals surface area contributed by atoms with Crippen molar-refractivity contribution in [1.82, 2.24) is 0 Å². The molecule has 0 aliphatic carbocycles. The second-order valence-corrected chi connectivity index (χ2v) is 2.57. The summed E-state index contributed by atoms with van der Waals surface area (Å²) in [6.07, 6.45) is 3.52. The molecule has 11 heavy (non-hydrogen) atoms. The van der Waals surface area contributed by atoms with Crippen LogP contribution in [0.25, 0.3) is 0 Å². The number of carboxylic acids is 1. The van der Waals surface area contributed by atoms with Crippen molar-refractivity contribution in [3.05, 3.63) is 0 Å². The molecule has 1 unspecified atom stereocenters. The van der Waals surface area contributed by atoms with E-state index >= 15 is 0 Å². The molecule has 2 nitrogen and oxygen atoms in total. The summed E-state index contributed by atoms with van der Waals surface area (Å²) in [6, 6.07) is 0. The summed E-state index contributed by atoms with van der Waals surface area (Å²) in [5.74, 6) is -1.11. The largest absolute Gasteiger partial charge is 2.00 e.